The van der Waals surface area contributed by atoms with Crippen LogP contribution in [0, 0.1) is 10.1 Å². The van der Waals surface area contributed by atoms with E-state index in [0.29, 0.717) is 22.8 Å². The van der Waals surface area contributed by atoms with Crippen LogP contribution in [-0.2, 0) is 9.59 Å². The number of benzene rings is 2. The van der Waals surface area contributed by atoms with Crippen LogP contribution >= 0.6 is 0 Å². The number of non-ortho nitro benzene ring substituents is 1. The number of hydrogen-bond donors (Lipinski definition) is 2. The molecular formula is C20H16N4O6. The smallest absolute Gasteiger partial charge is 0.329 e. The van der Waals surface area contributed by atoms with Gasteiger partial charge in [-0.05, 0) is 24.3 Å². The minimum Gasteiger partial charge on any atom is -0.497 e. The highest BCUT2D eigenvalue weighted by Crippen LogP contribution is 2.25. The van der Waals surface area contributed by atoms with Gasteiger partial charge in [-0.2, -0.15) is 5.10 Å². The number of furan rings is 1. The lowest BCUT2D eigenvalue weighted by molar-refractivity contribution is -0.384. The van der Waals surface area contributed by atoms with Crippen LogP contribution in [0.3, 0.4) is 0 Å². The molecule has 2 N–H and O–H groups in total. The molecule has 0 aliphatic heterocycles. The van der Waals surface area contributed by atoms with Crippen molar-refractivity contribution >= 4 is 29.4 Å². The third-order valence-corrected chi connectivity index (χ3v) is 3.86. The summed E-state index contributed by atoms with van der Waals surface area (Å²) in [6.07, 6.45) is 1.21. The molecule has 30 heavy (non-hydrogen) atoms. The number of carbonyl (C=O) groups excluding carboxylic acids is 2. The van der Waals surface area contributed by atoms with Crippen LogP contribution in [0.4, 0.5) is 11.4 Å². The second-order valence-corrected chi connectivity index (χ2v) is 5.89. The molecule has 3 rings (SSSR count). The molecule has 3 aromatic rings. The lowest BCUT2D eigenvalue weighted by atomic mass is 10.1. The fourth-order valence-corrected chi connectivity index (χ4v) is 2.44. The molecule has 10 heteroatoms. The maximum atomic E-state index is 11.9. The summed E-state index contributed by atoms with van der Waals surface area (Å²) in [4.78, 5) is 34.1. The Morgan fingerprint density at radius 3 is 2.67 bits per heavy atom. The molecule has 0 unspecified atom stereocenters. The van der Waals surface area contributed by atoms with Gasteiger partial charge in [0.15, 0.2) is 0 Å². The molecule has 0 fully saturated rings. The van der Waals surface area contributed by atoms with Crippen molar-refractivity contribution in [2.24, 2.45) is 5.10 Å². The third kappa shape index (κ3) is 5.07. The minimum absolute atomic E-state index is 0.0616. The van der Waals surface area contributed by atoms with Crippen molar-refractivity contribution in [3.05, 3.63) is 76.5 Å². The number of hydrogen-bond acceptors (Lipinski definition) is 7. The van der Waals surface area contributed by atoms with Crippen LogP contribution in [0.25, 0.3) is 11.3 Å². The van der Waals surface area contributed by atoms with Crippen molar-refractivity contribution in [2.45, 2.75) is 0 Å². The summed E-state index contributed by atoms with van der Waals surface area (Å²) in [7, 11) is 1.49. The standard InChI is InChI=1S/C20H16N4O6/c1-29-16-7-3-5-14(11-16)22-19(25)20(26)23-21-12-17-8-9-18(30-17)13-4-2-6-15(10-13)24(27)28/h2-12H,1H3,(H,22,25)(H,23,26)/b21-12+. The molecule has 10 nitrogen and oxygen atoms in total. The molecule has 0 spiro atoms. The maximum Gasteiger partial charge on any atom is 0.329 e. The van der Waals surface area contributed by atoms with Gasteiger partial charge in [-0.25, -0.2) is 5.43 Å². The van der Waals surface area contributed by atoms with Crippen LogP contribution in [0.15, 0.2) is 70.2 Å². The monoisotopic (exact) mass is 408 g/mol. The van der Waals surface area contributed by atoms with Crippen molar-refractivity contribution in [1.29, 1.82) is 0 Å². The predicted octanol–water partition coefficient (Wildman–Crippen LogP) is 2.95. The van der Waals surface area contributed by atoms with Gasteiger partial charge < -0.3 is 14.5 Å². The molecular weight excluding hydrogens is 392 g/mol. The first kappa shape index (κ1) is 20.3. The third-order valence-electron chi connectivity index (χ3n) is 3.86. The number of anilines is 1. The molecule has 0 radical (unpaired) electrons. The zero-order valence-corrected chi connectivity index (χ0v) is 15.7. The van der Waals surface area contributed by atoms with Crippen molar-refractivity contribution in [2.75, 3.05) is 12.4 Å². The second-order valence-electron chi connectivity index (χ2n) is 5.89. The van der Waals surface area contributed by atoms with Gasteiger partial charge in [0, 0.05) is 29.4 Å². The Morgan fingerprint density at radius 2 is 1.90 bits per heavy atom. The molecule has 2 amide bonds. The van der Waals surface area contributed by atoms with Crippen molar-refractivity contribution in [1.82, 2.24) is 5.43 Å². The van der Waals surface area contributed by atoms with E-state index >= 15 is 0 Å². The number of nitro groups is 1. The Labute approximate surface area is 170 Å². The summed E-state index contributed by atoms with van der Waals surface area (Å²) in [6, 6.07) is 15.7. The second kappa shape index (κ2) is 9.15. The van der Waals surface area contributed by atoms with E-state index in [9.17, 15) is 19.7 Å². The minimum atomic E-state index is -0.973. The number of nitrogens with zero attached hydrogens (tertiary/aromatic N) is 2. The van der Waals surface area contributed by atoms with E-state index < -0.39 is 16.7 Å². The highest BCUT2D eigenvalue weighted by Gasteiger charge is 2.13. The van der Waals surface area contributed by atoms with E-state index in [4.69, 9.17) is 9.15 Å². The van der Waals surface area contributed by atoms with E-state index in [2.05, 4.69) is 15.8 Å². The summed E-state index contributed by atoms with van der Waals surface area (Å²) in [6.45, 7) is 0. The quantitative estimate of drug-likeness (QED) is 0.278. The number of hydrazone groups is 1. The molecule has 0 aliphatic carbocycles. The number of rotatable bonds is 6. The van der Waals surface area contributed by atoms with E-state index in [1.54, 1.807) is 48.5 Å². The zero-order valence-electron chi connectivity index (χ0n) is 15.7. The Kier molecular flexibility index (Phi) is 6.18. The van der Waals surface area contributed by atoms with Crippen LogP contribution in [0.2, 0.25) is 0 Å². The molecule has 0 aliphatic rings. The number of methoxy groups -OCH3 is 1. The number of carbonyl (C=O) groups is 2. The van der Waals surface area contributed by atoms with E-state index in [1.807, 2.05) is 0 Å². The Balaban J connectivity index is 1.59. The van der Waals surface area contributed by atoms with Gasteiger partial charge in [0.1, 0.15) is 17.3 Å². The van der Waals surface area contributed by atoms with Gasteiger partial charge in [0.05, 0.1) is 18.2 Å². The molecule has 2 aromatic carbocycles. The number of nitro benzene ring substituents is 1. The van der Waals surface area contributed by atoms with Gasteiger partial charge >= 0.3 is 11.8 Å². The van der Waals surface area contributed by atoms with Crippen molar-refractivity contribution in [3.63, 3.8) is 0 Å². The molecule has 1 aromatic heterocycles. The van der Waals surface area contributed by atoms with Crippen molar-refractivity contribution < 1.29 is 23.7 Å². The van der Waals surface area contributed by atoms with Gasteiger partial charge in [-0.1, -0.05) is 18.2 Å². The molecule has 1 heterocycles. The Bertz CT molecular complexity index is 1120. The SMILES string of the molecule is COc1cccc(NC(=O)C(=O)N/N=C/c2ccc(-c3cccc([N+](=O)[O-])c3)o2)c1. The summed E-state index contributed by atoms with van der Waals surface area (Å²) < 4.78 is 10.6. The largest absolute Gasteiger partial charge is 0.497 e. The van der Waals surface area contributed by atoms with Crippen LogP contribution in [0.5, 0.6) is 5.75 Å². The molecule has 152 valence electrons. The maximum absolute atomic E-state index is 11.9. The lowest BCUT2D eigenvalue weighted by Gasteiger charge is -2.05. The molecule has 0 saturated carbocycles. The first-order chi connectivity index (χ1) is 14.5. The summed E-state index contributed by atoms with van der Waals surface area (Å²) in [5, 5.41) is 17.0. The Hall–Kier alpha value is -4.47. The summed E-state index contributed by atoms with van der Waals surface area (Å²) in [5.41, 5.74) is 2.94. The average molecular weight is 408 g/mol. The Morgan fingerprint density at radius 1 is 1.10 bits per heavy atom. The lowest BCUT2D eigenvalue weighted by Crippen LogP contribution is -2.32. The number of ether oxygens (including phenoxy) is 1. The van der Waals surface area contributed by atoms with E-state index in [1.165, 1.54) is 25.5 Å². The highest BCUT2D eigenvalue weighted by atomic mass is 16.6. The molecule has 0 bridgehead atoms. The van der Waals surface area contributed by atoms with Gasteiger partial charge in [0.2, 0.25) is 0 Å². The highest BCUT2D eigenvalue weighted by molar-refractivity contribution is 6.39. The first-order valence-electron chi connectivity index (χ1n) is 8.59. The summed E-state index contributed by atoms with van der Waals surface area (Å²) >= 11 is 0. The number of amides is 2. The normalized spacial score (nSPS) is 10.6. The van der Waals surface area contributed by atoms with Crippen LogP contribution in [0.1, 0.15) is 5.76 Å². The first-order valence-corrected chi connectivity index (χ1v) is 8.59. The zero-order chi connectivity index (χ0) is 21.5. The van der Waals surface area contributed by atoms with Gasteiger partial charge in [0.25, 0.3) is 5.69 Å². The van der Waals surface area contributed by atoms with E-state index in [0.717, 1.165) is 0 Å². The average Bonchev–Trinajstić information content (AvgIpc) is 3.22. The molecule has 0 saturated heterocycles. The molecule has 0 atom stereocenters. The van der Waals surface area contributed by atoms with Crippen LogP contribution < -0.4 is 15.5 Å². The fraction of sp³-hybridized carbons (Fsp3) is 0.0500. The van der Waals surface area contributed by atoms with Gasteiger partial charge in [-0.15, -0.1) is 0 Å². The predicted molar refractivity (Wildman–Crippen MR) is 108 cm³/mol. The van der Waals surface area contributed by atoms with E-state index in [-0.39, 0.29) is 11.4 Å². The fourth-order valence-electron chi connectivity index (χ4n) is 2.44. The van der Waals surface area contributed by atoms with Crippen LogP contribution in [-0.4, -0.2) is 30.1 Å². The topological polar surface area (TPSA) is 136 Å². The van der Waals surface area contributed by atoms with Gasteiger partial charge in [-0.3, -0.25) is 19.7 Å². The number of nitrogens with one attached hydrogen (secondary N) is 2. The summed E-state index contributed by atoms with van der Waals surface area (Å²) in [5.74, 6) is -0.674. The van der Waals surface area contributed by atoms with Crippen molar-refractivity contribution in [3.8, 4) is 17.1 Å².